The summed E-state index contributed by atoms with van der Waals surface area (Å²) in [5.74, 6) is 0.833. The van der Waals surface area contributed by atoms with Crippen molar-refractivity contribution in [1.82, 2.24) is 15.2 Å². The molecule has 1 aromatic heterocycles. The van der Waals surface area contributed by atoms with E-state index in [1.54, 1.807) is 13.3 Å². The van der Waals surface area contributed by atoms with E-state index in [1.165, 1.54) is 0 Å². The van der Waals surface area contributed by atoms with E-state index in [1.807, 2.05) is 47.4 Å². The number of hydrogen-bond donors (Lipinski definition) is 2. The van der Waals surface area contributed by atoms with E-state index in [4.69, 9.17) is 4.74 Å². The fourth-order valence-corrected chi connectivity index (χ4v) is 3.14. The molecule has 6 heteroatoms. The molecule has 1 fully saturated rings. The molecule has 0 aliphatic carbocycles. The average Bonchev–Trinajstić information content (AvgIpc) is 3.12. The monoisotopic (exact) mass is 355 g/mol. The van der Waals surface area contributed by atoms with Crippen LogP contribution in [-0.4, -0.2) is 53.2 Å². The molecule has 26 heavy (non-hydrogen) atoms. The maximum atomic E-state index is 12.9. The summed E-state index contributed by atoms with van der Waals surface area (Å²) in [6, 6.07) is 13.3. The lowest BCUT2D eigenvalue weighted by atomic mass is 10.1. The Labute approximate surface area is 153 Å². The van der Waals surface area contributed by atoms with Crippen LogP contribution < -0.4 is 10.1 Å². The minimum absolute atomic E-state index is 0.0146. The normalized spacial score (nSPS) is 19.3. The van der Waals surface area contributed by atoms with E-state index in [0.717, 1.165) is 23.4 Å². The summed E-state index contributed by atoms with van der Waals surface area (Å²) in [5, 5.41) is 12.8. The molecule has 2 heterocycles. The van der Waals surface area contributed by atoms with Gasteiger partial charge in [0.05, 0.1) is 31.5 Å². The maximum absolute atomic E-state index is 12.9. The zero-order valence-electron chi connectivity index (χ0n) is 15.0. The fourth-order valence-electron chi connectivity index (χ4n) is 3.14. The van der Waals surface area contributed by atoms with Gasteiger partial charge in [0.25, 0.3) is 0 Å². The number of aromatic nitrogens is 1. The van der Waals surface area contributed by atoms with Crippen molar-refractivity contribution in [1.29, 1.82) is 0 Å². The number of nitrogens with one attached hydrogen (secondary N) is 1. The molecular formula is C20H25N3O3. The third kappa shape index (κ3) is 4.80. The van der Waals surface area contributed by atoms with Crippen LogP contribution in [0.3, 0.4) is 0 Å². The van der Waals surface area contributed by atoms with Crippen molar-refractivity contribution in [2.45, 2.75) is 31.5 Å². The number of pyridine rings is 1. The second kappa shape index (κ2) is 8.78. The first-order valence-electron chi connectivity index (χ1n) is 8.89. The van der Waals surface area contributed by atoms with Crippen molar-refractivity contribution in [3.8, 4) is 5.75 Å². The molecule has 1 aliphatic rings. The molecule has 1 aliphatic heterocycles. The Balaban J connectivity index is 1.68. The first-order valence-corrected chi connectivity index (χ1v) is 8.89. The topological polar surface area (TPSA) is 74.7 Å². The lowest BCUT2D eigenvalue weighted by Gasteiger charge is -2.25. The summed E-state index contributed by atoms with van der Waals surface area (Å²) in [4.78, 5) is 19.1. The van der Waals surface area contributed by atoms with Crippen LogP contribution in [0.4, 0.5) is 0 Å². The van der Waals surface area contributed by atoms with Gasteiger partial charge in [-0.05, 0) is 42.7 Å². The first-order chi connectivity index (χ1) is 12.7. The number of β-amino-alcohol motifs (C(OH)–C–C–N with tert-alkyl or cyclic N) is 1. The molecule has 0 spiro atoms. The van der Waals surface area contributed by atoms with E-state index in [-0.39, 0.29) is 11.9 Å². The third-order valence-corrected chi connectivity index (χ3v) is 4.63. The Morgan fingerprint density at radius 3 is 2.73 bits per heavy atom. The molecule has 1 amide bonds. The van der Waals surface area contributed by atoms with Gasteiger partial charge in [0, 0.05) is 19.3 Å². The molecule has 1 aromatic carbocycles. The van der Waals surface area contributed by atoms with E-state index < -0.39 is 6.10 Å². The highest BCUT2D eigenvalue weighted by Gasteiger charge is 2.31. The van der Waals surface area contributed by atoms with Crippen molar-refractivity contribution in [3.63, 3.8) is 0 Å². The van der Waals surface area contributed by atoms with Gasteiger partial charge in [0.1, 0.15) is 5.75 Å². The highest BCUT2D eigenvalue weighted by atomic mass is 16.5. The zero-order valence-corrected chi connectivity index (χ0v) is 15.0. The summed E-state index contributed by atoms with van der Waals surface area (Å²) in [6.07, 6.45) is 2.49. The first kappa shape index (κ1) is 18.4. The predicted octanol–water partition coefficient (Wildman–Crippen LogP) is 1.38. The predicted molar refractivity (Wildman–Crippen MR) is 98.8 cm³/mol. The lowest BCUT2D eigenvalue weighted by Crippen LogP contribution is -2.44. The molecule has 2 atom stereocenters. The van der Waals surface area contributed by atoms with Crippen molar-refractivity contribution >= 4 is 5.91 Å². The highest BCUT2D eigenvalue weighted by Crippen LogP contribution is 2.15. The summed E-state index contributed by atoms with van der Waals surface area (Å²) in [6.45, 7) is 1.52. The van der Waals surface area contributed by atoms with Gasteiger partial charge in [0.2, 0.25) is 5.91 Å². The van der Waals surface area contributed by atoms with Crippen LogP contribution in [-0.2, 0) is 17.8 Å². The minimum atomic E-state index is -0.456. The molecular weight excluding hydrogens is 330 g/mol. The zero-order chi connectivity index (χ0) is 18.4. The average molecular weight is 355 g/mol. The van der Waals surface area contributed by atoms with Crippen molar-refractivity contribution in [2.24, 2.45) is 0 Å². The third-order valence-electron chi connectivity index (χ3n) is 4.63. The number of aliphatic hydroxyl groups is 1. The van der Waals surface area contributed by atoms with Crippen LogP contribution in [0, 0.1) is 0 Å². The van der Waals surface area contributed by atoms with Crippen LogP contribution in [0.2, 0.25) is 0 Å². The second-order valence-electron chi connectivity index (χ2n) is 6.53. The van der Waals surface area contributed by atoms with Gasteiger partial charge < -0.3 is 20.1 Å². The van der Waals surface area contributed by atoms with E-state index in [2.05, 4.69) is 10.3 Å². The van der Waals surface area contributed by atoms with Crippen molar-refractivity contribution in [2.75, 3.05) is 20.2 Å². The molecule has 6 nitrogen and oxygen atoms in total. The Morgan fingerprint density at radius 1 is 1.31 bits per heavy atom. The molecule has 0 radical (unpaired) electrons. The number of carbonyl (C=O) groups is 1. The van der Waals surface area contributed by atoms with E-state index in [0.29, 0.717) is 26.1 Å². The van der Waals surface area contributed by atoms with Gasteiger partial charge in [0.15, 0.2) is 0 Å². The van der Waals surface area contributed by atoms with Crippen LogP contribution >= 0.6 is 0 Å². The smallest absolute Gasteiger partial charge is 0.240 e. The van der Waals surface area contributed by atoms with Gasteiger partial charge in [-0.2, -0.15) is 0 Å². The SMILES string of the molecule is COc1ccc(CCN(Cc2ccccn2)C(=O)[C@H]2C[C@@H](O)CN2)cc1. The lowest BCUT2D eigenvalue weighted by molar-refractivity contribution is -0.133. The van der Waals surface area contributed by atoms with Crippen molar-refractivity contribution in [3.05, 3.63) is 59.9 Å². The molecule has 138 valence electrons. The Kier molecular flexibility index (Phi) is 6.20. The Hall–Kier alpha value is -2.44. The van der Waals surface area contributed by atoms with Gasteiger partial charge in [-0.15, -0.1) is 0 Å². The number of amides is 1. The van der Waals surface area contributed by atoms with Crippen LogP contribution in [0.1, 0.15) is 17.7 Å². The number of carbonyl (C=O) groups excluding carboxylic acids is 1. The van der Waals surface area contributed by atoms with Crippen LogP contribution in [0.15, 0.2) is 48.7 Å². The largest absolute Gasteiger partial charge is 0.497 e. The Bertz CT molecular complexity index is 706. The quantitative estimate of drug-likeness (QED) is 0.785. The summed E-state index contributed by atoms with van der Waals surface area (Å²) in [7, 11) is 1.64. The summed E-state index contributed by atoms with van der Waals surface area (Å²) < 4.78 is 5.18. The minimum Gasteiger partial charge on any atom is -0.497 e. The molecule has 0 bridgehead atoms. The molecule has 2 N–H and O–H groups in total. The summed E-state index contributed by atoms with van der Waals surface area (Å²) in [5.41, 5.74) is 2.00. The second-order valence-corrected chi connectivity index (χ2v) is 6.53. The molecule has 1 saturated heterocycles. The molecule has 3 rings (SSSR count). The van der Waals surface area contributed by atoms with Gasteiger partial charge in [-0.3, -0.25) is 9.78 Å². The highest BCUT2D eigenvalue weighted by molar-refractivity contribution is 5.82. The van der Waals surface area contributed by atoms with Crippen LogP contribution in [0.5, 0.6) is 5.75 Å². The van der Waals surface area contributed by atoms with Gasteiger partial charge >= 0.3 is 0 Å². The molecule has 0 saturated carbocycles. The number of methoxy groups -OCH3 is 1. The number of aliphatic hydroxyl groups excluding tert-OH is 1. The fraction of sp³-hybridized carbons (Fsp3) is 0.400. The van der Waals surface area contributed by atoms with Crippen molar-refractivity contribution < 1.29 is 14.6 Å². The maximum Gasteiger partial charge on any atom is 0.240 e. The summed E-state index contributed by atoms with van der Waals surface area (Å²) >= 11 is 0. The number of nitrogens with zero attached hydrogens (tertiary/aromatic N) is 2. The Morgan fingerprint density at radius 2 is 2.12 bits per heavy atom. The molecule has 2 aromatic rings. The number of hydrogen-bond acceptors (Lipinski definition) is 5. The number of ether oxygens (including phenoxy) is 1. The number of rotatable bonds is 7. The number of benzene rings is 1. The molecule has 0 unspecified atom stereocenters. The van der Waals surface area contributed by atoms with E-state index in [9.17, 15) is 9.90 Å². The van der Waals surface area contributed by atoms with Gasteiger partial charge in [-0.1, -0.05) is 18.2 Å². The standard InChI is InChI=1S/C20H25N3O3/c1-26-18-7-5-15(6-8-18)9-11-23(14-16-4-2-3-10-21-16)20(25)19-12-17(24)13-22-19/h2-8,10,17,19,22,24H,9,11-14H2,1H3/t17-,19-/m1/s1. The van der Waals surface area contributed by atoms with Gasteiger partial charge in [-0.25, -0.2) is 0 Å². The van der Waals surface area contributed by atoms with Crippen LogP contribution in [0.25, 0.3) is 0 Å². The van der Waals surface area contributed by atoms with E-state index >= 15 is 0 Å².